The lowest BCUT2D eigenvalue weighted by atomic mass is 10.2. The smallest absolute Gasteiger partial charge is 0.343 e. The molecule has 0 radical (unpaired) electrons. The number of benzene rings is 3. The van der Waals surface area contributed by atoms with Crippen molar-refractivity contribution in [2.45, 2.75) is 13.8 Å². The number of nitrogens with one attached hydrogen (secondary N) is 1. The Morgan fingerprint density at radius 2 is 1.70 bits per heavy atom. The average molecular weight is 511 g/mol. The maximum atomic E-state index is 12.4. The van der Waals surface area contributed by atoms with Crippen LogP contribution in [0, 0.1) is 6.92 Å². The van der Waals surface area contributed by atoms with E-state index in [0.29, 0.717) is 29.2 Å². The molecule has 0 unspecified atom stereocenters. The van der Waals surface area contributed by atoms with Gasteiger partial charge >= 0.3 is 5.97 Å². The SMILES string of the molecule is CCOc1cc(/C=N/NC(=O)COc2ccc(C)cc2)ccc1OC(=O)c1ccc(Br)cc1. The van der Waals surface area contributed by atoms with Gasteiger partial charge in [-0.25, -0.2) is 10.2 Å². The van der Waals surface area contributed by atoms with Crippen molar-refractivity contribution in [2.75, 3.05) is 13.2 Å². The van der Waals surface area contributed by atoms with Crippen molar-refractivity contribution in [1.29, 1.82) is 0 Å². The van der Waals surface area contributed by atoms with Crippen LogP contribution in [0.5, 0.6) is 17.2 Å². The van der Waals surface area contributed by atoms with E-state index in [1.807, 2.05) is 26.0 Å². The number of amides is 1. The molecule has 0 fully saturated rings. The summed E-state index contributed by atoms with van der Waals surface area (Å²) in [7, 11) is 0. The van der Waals surface area contributed by atoms with Gasteiger partial charge in [0.25, 0.3) is 5.91 Å². The predicted octanol–water partition coefficient (Wildman–Crippen LogP) is 4.90. The molecule has 0 aliphatic rings. The van der Waals surface area contributed by atoms with E-state index in [0.717, 1.165) is 10.0 Å². The van der Waals surface area contributed by atoms with E-state index in [1.165, 1.54) is 6.21 Å². The topological polar surface area (TPSA) is 86.2 Å². The minimum absolute atomic E-state index is 0.157. The molecular weight excluding hydrogens is 488 g/mol. The third-order valence-corrected chi connectivity index (χ3v) is 4.87. The van der Waals surface area contributed by atoms with Gasteiger partial charge in [-0.05, 0) is 74.0 Å². The number of hydrogen-bond donors (Lipinski definition) is 1. The van der Waals surface area contributed by atoms with Gasteiger partial charge in [-0.3, -0.25) is 4.79 Å². The summed E-state index contributed by atoms with van der Waals surface area (Å²) in [6, 6.07) is 19.3. The molecule has 0 saturated heterocycles. The van der Waals surface area contributed by atoms with Gasteiger partial charge in [-0.2, -0.15) is 5.10 Å². The number of carbonyl (C=O) groups excluding carboxylic acids is 2. The second-order valence-corrected chi connectivity index (χ2v) is 7.85. The molecule has 1 amide bonds. The van der Waals surface area contributed by atoms with E-state index in [1.54, 1.807) is 54.6 Å². The second-order valence-electron chi connectivity index (χ2n) is 6.93. The van der Waals surface area contributed by atoms with Crippen LogP contribution in [0.4, 0.5) is 0 Å². The van der Waals surface area contributed by atoms with Crippen LogP contribution < -0.4 is 19.6 Å². The highest BCUT2D eigenvalue weighted by molar-refractivity contribution is 9.10. The molecule has 0 atom stereocenters. The maximum Gasteiger partial charge on any atom is 0.343 e. The van der Waals surface area contributed by atoms with E-state index in [2.05, 4.69) is 26.5 Å². The highest BCUT2D eigenvalue weighted by atomic mass is 79.9. The van der Waals surface area contributed by atoms with E-state index in [4.69, 9.17) is 14.2 Å². The number of hydrazone groups is 1. The lowest BCUT2D eigenvalue weighted by Crippen LogP contribution is -2.24. The Bertz CT molecular complexity index is 1130. The fraction of sp³-hybridized carbons (Fsp3) is 0.160. The Kier molecular flexibility index (Phi) is 8.60. The monoisotopic (exact) mass is 510 g/mol. The van der Waals surface area contributed by atoms with Crippen LogP contribution in [0.25, 0.3) is 0 Å². The Morgan fingerprint density at radius 3 is 2.39 bits per heavy atom. The summed E-state index contributed by atoms with van der Waals surface area (Å²) in [4.78, 5) is 24.4. The predicted molar refractivity (Wildman–Crippen MR) is 129 cm³/mol. The summed E-state index contributed by atoms with van der Waals surface area (Å²) in [6.45, 7) is 4.03. The summed E-state index contributed by atoms with van der Waals surface area (Å²) in [5.41, 5.74) is 4.59. The Labute approximate surface area is 200 Å². The number of esters is 1. The first kappa shape index (κ1) is 24.0. The van der Waals surface area contributed by atoms with Crippen molar-refractivity contribution >= 4 is 34.0 Å². The molecule has 33 heavy (non-hydrogen) atoms. The first-order chi connectivity index (χ1) is 15.9. The number of carbonyl (C=O) groups is 2. The van der Waals surface area contributed by atoms with Gasteiger partial charge in [-0.15, -0.1) is 0 Å². The minimum Gasteiger partial charge on any atom is -0.490 e. The van der Waals surface area contributed by atoms with Gasteiger partial charge in [0.05, 0.1) is 18.4 Å². The fourth-order valence-electron chi connectivity index (χ4n) is 2.70. The number of aryl methyl sites for hydroxylation is 1. The second kappa shape index (κ2) is 11.8. The quantitative estimate of drug-likeness (QED) is 0.191. The van der Waals surface area contributed by atoms with E-state index < -0.39 is 11.9 Å². The molecule has 0 heterocycles. The molecule has 0 saturated carbocycles. The first-order valence-electron chi connectivity index (χ1n) is 10.2. The molecule has 0 aliphatic carbocycles. The zero-order valence-corrected chi connectivity index (χ0v) is 19.8. The third kappa shape index (κ3) is 7.47. The number of hydrogen-bond acceptors (Lipinski definition) is 6. The molecule has 7 nitrogen and oxygen atoms in total. The summed E-state index contributed by atoms with van der Waals surface area (Å²) in [6.07, 6.45) is 1.46. The summed E-state index contributed by atoms with van der Waals surface area (Å²) in [5, 5.41) is 3.94. The number of rotatable bonds is 9. The highest BCUT2D eigenvalue weighted by Gasteiger charge is 2.13. The van der Waals surface area contributed by atoms with Crippen molar-refractivity contribution in [2.24, 2.45) is 5.10 Å². The Balaban J connectivity index is 1.58. The molecule has 3 aromatic rings. The van der Waals surface area contributed by atoms with Gasteiger partial charge in [0.2, 0.25) is 0 Å². The minimum atomic E-state index is -0.495. The molecular formula is C25H23BrN2O5. The molecule has 0 aliphatic heterocycles. The molecule has 1 N–H and O–H groups in total. The van der Waals surface area contributed by atoms with Crippen molar-refractivity contribution in [1.82, 2.24) is 5.43 Å². The van der Waals surface area contributed by atoms with Crippen LogP contribution in [0.2, 0.25) is 0 Å². The van der Waals surface area contributed by atoms with Crippen LogP contribution in [0.15, 0.2) is 76.3 Å². The maximum absolute atomic E-state index is 12.4. The third-order valence-electron chi connectivity index (χ3n) is 4.34. The molecule has 170 valence electrons. The van der Waals surface area contributed by atoms with Crippen LogP contribution in [-0.2, 0) is 4.79 Å². The summed E-state index contributed by atoms with van der Waals surface area (Å²) in [5.74, 6) is 0.398. The van der Waals surface area contributed by atoms with E-state index in [9.17, 15) is 9.59 Å². The van der Waals surface area contributed by atoms with Crippen LogP contribution in [0.3, 0.4) is 0 Å². The lowest BCUT2D eigenvalue weighted by molar-refractivity contribution is -0.123. The molecule has 0 bridgehead atoms. The van der Waals surface area contributed by atoms with Crippen molar-refractivity contribution in [3.63, 3.8) is 0 Å². The van der Waals surface area contributed by atoms with Crippen LogP contribution in [0.1, 0.15) is 28.4 Å². The van der Waals surface area contributed by atoms with Crippen LogP contribution >= 0.6 is 15.9 Å². The van der Waals surface area contributed by atoms with E-state index >= 15 is 0 Å². The zero-order chi connectivity index (χ0) is 23.6. The largest absolute Gasteiger partial charge is 0.490 e. The molecule has 8 heteroatoms. The van der Waals surface area contributed by atoms with Gasteiger partial charge in [0.1, 0.15) is 5.75 Å². The van der Waals surface area contributed by atoms with Gasteiger partial charge in [-0.1, -0.05) is 33.6 Å². The van der Waals surface area contributed by atoms with Crippen molar-refractivity contribution in [3.8, 4) is 17.2 Å². The normalized spacial score (nSPS) is 10.6. The van der Waals surface area contributed by atoms with E-state index in [-0.39, 0.29) is 12.4 Å². The summed E-state index contributed by atoms with van der Waals surface area (Å²) >= 11 is 3.33. The zero-order valence-electron chi connectivity index (χ0n) is 18.2. The fourth-order valence-corrected chi connectivity index (χ4v) is 2.96. The van der Waals surface area contributed by atoms with Gasteiger partial charge in [0, 0.05) is 4.47 Å². The standard InChI is InChI=1S/C25H23BrN2O5/c1-3-31-23-14-18(6-13-22(23)33-25(30)19-7-9-20(26)10-8-19)15-27-28-24(29)16-32-21-11-4-17(2)5-12-21/h4-15H,3,16H2,1-2H3,(H,28,29)/b27-15+. The average Bonchev–Trinajstić information content (AvgIpc) is 2.81. The Morgan fingerprint density at radius 1 is 0.970 bits per heavy atom. The summed E-state index contributed by atoms with van der Waals surface area (Å²) < 4.78 is 17.4. The molecule has 3 rings (SSSR count). The first-order valence-corrected chi connectivity index (χ1v) is 11.0. The molecule has 3 aromatic carbocycles. The highest BCUT2D eigenvalue weighted by Crippen LogP contribution is 2.29. The number of ether oxygens (including phenoxy) is 3. The van der Waals surface area contributed by atoms with Gasteiger partial charge < -0.3 is 14.2 Å². The molecule has 0 spiro atoms. The Hall–Kier alpha value is -3.65. The number of halogens is 1. The molecule has 0 aromatic heterocycles. The van der Waals surface area contributed by atoms with Gasteiger partial charge in [0.15, 0.2) is 18.1 Å². The lowest BCUT2D eigenvalue weighted by Gasteiger charge is -2.11. The van der Waals surface area contributed by atoms with Crippen molar-refractivity contribution in [3.05, 3.63) is 87.9 Å². The van der Waals surface area contributed by atoms with Crippen LogP contribution in [-0.4, -0.2) is 31.3 Å². The number of nitrogens with zero attached hydrogens (tertiary/aromatic N) is 1. The van der Waals surface area contributed by atoms with Crippen molar-refractivity contribution < 1.29 is 23.8 Å².